The standard InChI is InChI=1S/C24H34N4OS/c1-30-15-12-20(25)24(29)28-14-13-27-17-21(19-10-6-3-7-11-19)26-23(27)22(28)16-18-8-4-2-5-9-18/h3,6-7,10-11,17-18,20,22H,2,4-5,8-9,12-16,25H2,1H3/t20-,22-/m0/s1. The summed E-state index contributed by atoms with van der Waals surface area (Å²) >= 11 is 1.75. The minimum Gasteiger partial charge on any atom is -0.331 e. The first kappa shape index (κ1) is 21.4. The Kier molecular flexibility index (Phi) is 7.16. The fraction of sp³-hybridized carbons (Fsp3) is 0.583. The topological polar surface area (TPSA) is 64.2 Å². The summed E-state index contributed by atoms with van der Waals surface area (Å²) < 4.78 is 2.27. The molecule has 6 heteroatoms. The van der Waals surface area contributed by atoms with Crippen LogP contribution in [0.1, 0.15) is 56.8 Å². The molecule has 1 aromatic heterocycles. The molecule has 0 unspecified atom stereocenters. The summed E-state index contributed by atoms with van der Waals surface area (Å²) in [4.78, 5) is 20.4. The van der Waals surface area contributed by atoms with Gasteiger partial charge in [0.1, 0.15) is 5.82 Å². The van der Waals surface area contributed by atoms with Crippen molar-refractivity contribution >= 4 is 17.7 Å². The lowest BCUT2D eigenvalue weighted by atomic mass is 9.84. The fourth-order valence-corrected chi connectivity index (χ4v) is 5.44. The van der Waals surface area contributed by atoms with Crippen LogP contribution < -0.4 is 5.73 Å². The van der Waals surface area contributed by atoms with Gasteiger partial charge < -0.3 is 15.2 Å². The Labute approximate surface area is 184 Å². The van der Waals surface area contributed by atoms with E-state index in [9.17, 15) is 4.79 Å². The summed E-state index contributed by atoms with van der Waals surface area (Å²) in [6.45, 7) is 1.51. The van der Waals surface area contributed by atoms with E-state index in [1.54, 1.807) is 11.8 Å². The molecule has 1 aliphatic heterocycles. The summed E-state index contributed by atoms with van der Waals surface area (Å²) in [5.41, 5.74) is 8.44. The van der Waals surface area contributed by atoms with Gasteiger partial charge in [0.25, 0.3) is 0 Å². The Balaban J connectivity index is 1.61. The van der Waals surface area contributed by atoms with Crippen LogP contribution in [0, 0.1) is 5.92 Å². The van der Waals surface area contributed by atoms with Gasteiger partial charge in [-0.15, -0.1) is 0 Å². The zero-order valence-corrected chi connectivity index (χ0v) is 18.8. The molecule has 5 nitrogen and oxygen atoms in total. The van der Waals surface area contributed by atoms with E-state index in [2.05, 4.69) is 34.1 Å². The number of thioether (sulfide) groups is 1. The van der Waals surface area contributed by atoms with Crippen LogP contribution in [0.5, 0.6) is 0 Å². The highest BCUT2D eigenvalue weighted by atomic mass is 32.2. The van der Waals surface area contributed by atoms with Gasteiger partial charge in [0.15, 0.2) is 0 Å². The van der Waals surface area contributed by atoms with Crippen molar-refractivity contribution in [3.05, 3.63) is 42.4 Å². The minimum absolute atomic E-state index is 0.0344. The molecule has 1 aromatic carbocycles. The molecule has 0 saturated heterocycles. The molecule has 2 N–H and O–H groups in total. The van der Waals surface area contributed by atoms with E-state index in [1.807, 2.05) is 18.2 Å². The molecule has 2 atom stereocenters. The van der Waals surface area contributed by atoms with Gasteiger partial charge in [-0.3, -0.25) is 4.79 Å². The van der Waals surface area contributed by atoms with Crippen molar-refractivity contribution in [3.63, 3.8) is 0 Å². The maximum atomic E-state index is 13.3. The van der Waals surface area contributed by atoms with Gasteiger partial charge in [-0.05, 0) is 30.8 Å². The highest BCUT2D eigenvalue weighted by molar-refractivity contribution is 7.98. The van der Waals surface area contributed by atoms with Crippen LogP contribution in [0.15, 0.2) is 36.5 Å². The first-order valence-electron chi connectivity index (χ1n) is 11.3. The number of hydrogen-bond donors (Lipinski definition) is 1. The zero-order valence-electron chi connectivity index (χ0n) is 18.0. The number of nitrogens with two attached hydrogens (primary N) is 1. The highest BCUT2D eigenvalue weighted by Crippen LogP contribution is 2.37. The van der Waals surface area contributed by atoms with Crippen LogP contribution >= 0.6 is 11.8 Å². The number of hydrogen-bond acceptors (Lipinski definition) is 4. The van der Waals surface area contributed by atoms with Gasteiger partial charge in [-0.25, -0.2) is 4.98 Å². The SMILES string of the molecule is CSCC[C@H](N)C(=O)N1CCn2cc(-c3ccccc3)nc2[C@@H]1CC1CCCCC1. The first-order chi connectivity index (χ1) is 14.7. The predicted octanol–water partition coefficient (Wildman–Crippen LogP) is 4.48. The zero-order chi connectivity index (χ0) is 20.9. The number of carbonyl (C=O) groups is 1. The second kappa shape index (κ2) is 10.0. The quantitative estimate of drug-likeness (QED) is 0.709. The fourth-order valence-electron chi connectivity index (χ4n) is 4.95. The van der Waals surface area contributed by atoms with Crippen molar-refractivity contribution in [1.82, 2.24) is 14.5 Å². The number of imidazole rings is 1. The Hall–Kier alpha value is -1.79. The molecule has 162 valence electrons. The average molecular weight is 427 g/mol. The molecule has 2 heterocycles. The summed E-state index contributed by atoms with van der Waals surface area (Å²) in [6, 6.07) is 9.95. The van der Waals surface area contributed by atoms with Crippen molar-refractivity contribution in [3.8, 4) is 11.3 Å². The summed E-state index contributed by atoms with van der Waals surface area (Å²) in [7, 11) is 0. The largest absolute Gasteiger partial charge is 0.331 e. The Morgan fingerprint density at radius 3 is 2.70 bits per heavy atom. The van der Waals surface area contributed by atoms with Crippen molar-refractivity contribution in [2.75, 3.05) is 18.6 Å². The number of carbonyl (C=O) groups excluding carboxylic acids is 1. The first-order valence-corrected chi connectivity index (χ1v) is 12.7. The van der Waals surface area contributed by atoms with Crippen molar-refractivity contribution in [2.24, 2.45) is 11.7 Å². The summed E-state index contributed by atoms with van der Waals surface area (Å²) in [6.07, 6.45) is 12.5. The molecule has 30 heavy (non-hydrogen) atoms. The monoisotopic (exact) mass is 426 g/mol. The third-order valence-corrected chi connectivity index (χ3v) is 7.29. The molecule has 4 rings (SSSR count). The normalized spacial score (nSPS) is 20.7. The third-order valence-electron chi connectivity index (χ3n) is 6.65. The molecular formula is C24H34N4OS. The summed E-state index contributed by atoms with van der Waals surface area (Å²) in [5, 5.41) is 0. The van der Waals surface area contributed by atoms with Gasteiger partial charge >= 0.3 is 0 Å². The highest BCUT2D eigenvalue weighted by Gasteiger charge is 2.36. The van der Waals surface area contributed by atoms with Crippen LogP contribution in [-0.4, -0.2) is 45.0 Å². The van der Waals surface area contributed by atoms with Crippen LogP contribution in [-0.2, 0) is 11.3 Å². The molecule has 2 aliphatic rings. The Morgan fingerprint density at radius 1 is 1.20 bits per heavy atom. The Bertz CT molecular complexity index is 831. The van der Waals surface area contributed by atoms with E-state index in [0.717, 1.165) is 48.8 Å². The van der Waals surface area contributed by atoms with Crippen molar-refractivity contribution < 1.29 is 4.79 Å². The number of aromatic nitrogens is 2. The second-order valence-corrected chi connectivity index (χ2v) is 9.70. The van der Waals surface area contributed by atoms with E-state index in [1.165, 1.54) is 32.1 Å². The Morgan fingerprint density at radius 2 is 1.97 bits per heavy atom. The van der Waals surface area contributed by atoms with Crippen LogP contribution in [0.3, 0.4) is 0 Å². The molecule has 0 spiro atoms. The average Bonchev–Trinajstić information content (AvgIpc) is 3.23. The van der Waals surface area contributed by atoms with E-state index in [0.29, 0.717) is 5.92 Å². The lowest BCUT2D eigenvalue weighted by Crippen LogP contribution is -2.50. The number of nitrogens with zero attached hydrogens (tertiary/aromatic N) is 3. The second-order valence-electron chi connectivity index (χ2n) is 8.72. The summed E-state index contributed by atoms with van der Waals surface area (Å²) in [5.74, 6) is 2.72. The molecule has 0 bridgehead atoms. The maximum Gasteiger partial charge on any atom is 0.240 e. The number of rotatable bonds is 7. The number of amides is 1. The third kappa shape index (κ3) is 4.75. The van der Waals surface area contributed by atoms with Crippen LogP contribution in [0.2, 0.25) is 0 Å². The van der Waals surface area contributed by atoms with E-state index in [-0.39, 0.29) is 11.9 Å². The van der Waals surface area contributed by atoms with E-state index >= 15 is 0 Å². The lowest BCUT2D eigenvalue weighted by Gasteiger charge is -2.39. The maximum absolute atomic E-state index is 13.3. The van der Waals surface area contributed by atoms with E-state index in [4.69, 9.17) is 10.7 Å². The van der Waals surface area contributed by atoms with Gasteiger partial charge in [0.2, 0.25) is 5.91 Å². The molecule has 1 amide bonds. The minimum atomic E-state index is -0.415. The van der Waals surface area contributed by atoms with Gasteiger partial charge in [0.05, 0.1) is 17.8 Å². The van der Waals surface area contributed by atoms with Crippen LogP contribution in [0.4, 0.5) is 0 Å². The van der Waals surface area contributed by atoms with Crippen molar-refractivity contribution in [2.45, 2.75) is 63.6 Å². The molecule has 1 aliphatic carbocycles. The van der Waals surface area contributed by atoms with Crippen LogP contribution in [0.25, 0.3) is 11.3 Å². The number of fused-ring (bicyclic) bond motifs is 1. The molecule has 1 saturated carbocycles. The molecule has 0 radical (unpaired) electrons. The van der Waals surface area contributed by atoms with Gasteiger partial charge in [-0.1, -0.05) is 62.4 Å². The smallest absolute Gasteiger partial charge is 0.240 e. The predicted molar refractivity (Wildman–Crippen MR) is 124 cm³/mol. The lowest BCUT2D eigenvalue weighted by molar-refractivity contribution is -0.137. The van der Waals surface area contributed by atoms with Gasteiger partial charge in [-0.2, -0.15) is 11.8 Å². The van der Waals surface area contributed by atoms with Crippen molar-refractivity contribution in [1.29, 1.82) is 0 Å². The molecule has 1 fully saturated rings. The van der Waals surface area contributed by atoms with E-state index < -0.39 is 6.04 Å². The number of benzene rings is 1. The molecular weight excluding hydrogens is 392 g/mol. The molecule has 2 aromatic rings. The van der Waals surface area contributed by atoms with Gasteiger partial charge in [0, 0.05) is 24.8 Å².